The van der Waals surface area contributed by atoms with Gasteiger partial charge in [0, 0.05) is 6.04 Å². The summed E-state index contributed by atoms with van der Waals surface area (Å²) in [5, 5.41) is 3.53. The van der Waals surface area contributed by atoms with Crippen LogP contribution in [0.3, 0.4) is 0 Å². The molecular formula is C15H29NO2. The first kappa shape index (κ1) is 15.5. The summed E-state index contributed by atoms with van der Waals surface area (Å²) in [7, 11) is 1.48. The van der Waals surface area contributed by atoms with E-state index in [2.05, 4.69) is 26.1 Å². The van der Waals surface area contributed by atoms with Crippen molar-refractivity contribution in [3.8, 4) is 0 Å². The van der Waals surface area contributed by atoms with E-state index in [1.54, 1.807) is 0 Å². The summed E-state index contributed by atoms with van der Waals surface area (Å²) in [6.45, 7) is 6.49. The van der Waals surface area contributed by atoms with Crippen molar-refractivity contribution in [3.63, 3.8) is 0 Å². The number of hydrogen-bond acceptors (Lipinski definition) is 3. The van der Waals surface area contributed by atoms with Crippen LogP contribution in [-0.4, -0.2) is 25.2 Å². The molecule has 106 valence electrons. The van der Waals surface area contributed by atoms with E-state index in [4.69, 9.17) is 4.74 Å². The van der Waals surface area contributed by atoms with E-state index in [9.17, 15) is 4.79 Å². The van der Waals surface area contributed by atoms with E-state index in [1.807, 2.05) is 0 Å². The topological polar surface area (TPSA) is 38.3 Å². The van der Waals surface area contributed by atoms with Crippen molar-refractivity contribution in [2.45, 2.75) is 77.8 Å². The number of hydrogen-bond donors (Lipinski definition) is 1. The van der Waals surface area contributed by atoms with Crippen LogP contribution in [0.2, 0.25) is 0 Å². The van der Waals surface area contributed by atoms with Crippen LogP contribution >= 0.6 is 0 Å². The van der Waals surface area contributed by atoms with Crippen molar-refractivity contribution in [1.82, 2.24) is 5.32 Å². The molecule has 1 N–H and O–H groups in total. The lowest BCUT2D eigenvalue weighted by Crippen LogP contribution is -2.45. The van der Waals surface area contributed by atoms with Crippen molar-refractivity contribution >= 4 is 5.97 Å². The summed E-state index contributed by atoms with van der Waals surface area (Å²) in [6.07, 6.45) is 8.44. The van der Waals surface area contributed by atoms with E-state index >= 15 is 0 Å². The summed E-state index contributed by atoms with van der Waals surface area (Å²) in [4.78, 5) is 11.9. The molecule has 1 aliphatic rings. The number of carbonyl (C=O) groups excluding carboxylic acids is 1. The molecule has 1 unspecified atom stereocenters. The fourth-order valence-corrected chi connectivity index (χ4v) is 2.70. The Kier molecular flexibility index (Phi) is 6.13. The first-order valence-electron chi connectivity index (χ1n) is 7.26. The third kappa shape index (κ3) is 5.85. The zero-order valence-electron chi connectivity index (χ0n) is 12.4. The van der Waals surface area contributed by atoms with E-state index < -0.39 is 0 Å². The first-order valence-corrected chi connectivity index (χ1v) is 7.26. The predicted octanol–water partition coefficient (Wildman–Crippen LogP) is 3.28. The lowest BCUT2D eigenvalue weighted by Gasteiger charge is -2.28. The van der Waals surface area contributed by atoms with Gasteiger partial charge < -0.3 is 10.1 Å². The van der Waals surface area contributed by atoms with Crippen molar-refractivity contribution < 1.29 is 9.53 Å². The molecule has 0 radical (unpaired) electrons. The molecule has 0 aromatic heterocycles. The molecule has 1 rings (SSSR count). The minimum Gasteiger partial charge on any atom is -0.468 e. The van der Waals surface area contributed by atoms with Crippen LogP contribution in [0.25, 0.3) is 0 Å². The van der Waals surface area contributed by atoms with Crippen molar-refractivity contribution in [1.29, 1.82) is 0 Å². The van der Waals surface area contributed by atoms with Crippen LogP contribution in [0.5, 0.6) is 0 Å². The molecule has 1 fully saturated rings. The maximum absolute atomic E-state index is 11.9. The second-order valence-electron chi connectivity index (χ2n) is 6.70. The summed E-state index contributed by atoms with van der Waals surface area (Å²) in [5.41, 5.74) is 0.136. The molecule has 0 spiro atoms. The largest absolute Gasteiger partial charge is 0.468 e. The zero-order chi connectivity index (χ0) is 13.6. The molecule has 0 aromatic carbocycles. The third-order valence-corrected chi connectivity index (χ3v) is 3.59. The number of nitrogens with one attached hydrogen (secondary N) is 1. The molecule has 0 aliphatic heterocycles. The van der Waals surface area contributed by atoms with Crippen molar-refractivity contribution in [2.24, 2.45) is 5.41 Å². The van der Waals surface area contributed by atoms with Gasteiger partial charge in [-0.05, 0) is 24.7 Å². The summed E-state index contributed by atoms with van der Waals surface area (Å²) in [6, 6.07) is 0.331. The molecule has 3 heteroatoms. The second-order valence-corrected chi connectivity index (χ2v) is 6.70. The Morgan fingerprint density at radius 1 is 1.22 bits per heavy atom. The summed E-state index contributed by atoms with van der Waals surface area (Å²) in [5.74, 6) is -0.117. The van der Waals surface area contributed by atoms with Crippen molar-refractivity contribution in [3.05, 3.63) is 0 Å². The maximum atomic E-state index is 11.9. The molecule has 1 saturated carbocycles. The number of ether oxygens (including phenoxy) is 1. The Morgan fingerprint density at radius 3 is 2.22 bits per heavy atom. The van der Waals surface area contributed by atoms with Gasteiger partial charge in [-0.15, -0.1) is 0 Å². The van der Waals surface area contributed by atoms with Crippen LogP contribution in [0.1, 0.15) is 65.7 Å². The average molecular weight is 255 g/mol. The van der Waals surface area contributed by atoms with E-state index in [1.165, 1.54) is 45.6 Å². The molecule has 3 nitrogen and oxygen atoms in total. The highest BCUT2D eigenvalue weighted by atomic mass is 16.5. The molecule has 0 bridgehead atoms. The van der Waals surface area contributed by atoms with E-state index in [0.717, 1.165) is 6.42 Å². The van der Waals surface area contributed by atoms with Crippen LogP contribution in [0.15, 0.2) is 0 Å². The SMILES string of the molecule is COC(=O)C(CC(C)(C)C)NC1CCCCCC1. The minimum atomic E-state index is -0.155. The molecule has 0 amide bonds. The number of esters is 1. The smallest absolute Gasteiger partial charge is 0.322 e. The average Bonchev–Trinajstić information content (AvgIpc) is 2.54. The number of methoxy groups -OCH3 is 1. The van der Waals surface area contributed by atoms with Gasteiger partial charge >= 0.3 is 5.97 Å². The molecule has 0 saturated heterocycles. The molecule has 0 aromatic rings. The monoisotopic (exact) mass is 255 g/mol. The fraction of sp³-hybridized carbons (Fsp3) is 0.933. The van der Waals surface area contributed by atoms with Gasteiger partial charge in [0.15, 0.2) is 0 Å². The van der Waals surface area contributed by atoms with Crippen molar-refractivity contribution in [2.75, 3.05) is 7.11 Å². The lowest BCUT2D eigenvalue weighted by atomic mass is 9.87. The highest BCUT2D eigenvalue weighted by molar-refractivity contribution is 5.75. The first-order chi connectivity index (χ1) is 8.42. The summed E-state index contributed by atoms with van der Waals surface area (Å²) >= 11 is 0. The van der Waals surface area contributed by atoms with Gasteiger partial charge in [0.2, 0.25) is 0 Å². The Morgan fingerprint density at radius 2 is 1.78 bits per heavy atom. The summed E-state index contributed by atoms with van der Waals surface area (Å²) < 4.78 is 4.93. The Bertz CT molecular complexity index is 250. The highest BCUT2D eigenvalue weighted by Gasteiger charge is 2.27. The van der Waals surface area contributed by atoms with Gasteiger partial charge in [0.25, 0.3) is 0 Å². The Balaban J connectivity index is 2.56. The molecular weight excluding hydrogens is 226 g/mol. The van der Waals surface area contributed by atoms with Gasteiger partial charge in [-0.3, -0.25) is 4.79 Å². The van der Waals surface area contributed by atoms with Gasteiger partial charge in [-0.1, -0.05) is 46.5 Å². The molecule has 18 heavy (non-hydrogen) atoms. The zero-order valence-corrected chi connectivity index (χ0v) is 12.4. The van der Waals surface area contributed by atoms with Crippen LogP contribution in [0.4, 0.5) is 0 Å². The number of rotatable bonds is 4. The van der Waals surface area contributed by atoms with Gasteiger partial charge in [0.05, 0.1) is 7.11 Å². The quantitative estimate of drug-likeness (QED) is 0.619. The van der Waals surface area contributed by atoms with Crippen LogP contribution < -0.4 is 5.32 Å². The van der Waals surface area contributed by atoms with Gasteiger partial charge in [0.1, 0.15) is 6.04 Å². The van der Waals surface area contributed by atoms with Gasteiger partial charge in [-0.25, -0.2) is 0 Å². The molecule has 1 aliphatic carbocycles. The minimum absolute atomic E-state index is 0.117. The Hall–Kier alpha value is -0.570. The lowest BCUT2D eigenvalue weighted by molar-refractivity contribution is -0.144. The third-order valence-electron chi connectivity index (χ3n) is 3.59. The normalized spacial score (nSPS) is 20.2. The maximum Gasteiger partial charge on any atom is 0.322 e. The van der Waals surface area contributed by atoms with Gasteiger partial charge in [-0.2, -0.15) is 0 Å². The second kappa shape index (κ2) is 7.13. The Labute approximate surface area is 112 Å². The fourth-order valence-electron chi connectivity index (χ4n) is 2.70. The predicted molar refractivity (Wildman–Crippen MR) is 74.5 cm³/mol. The standard InChI is InChI=1S/C15H29NO2/c1-15(2,3)11-13(14(17)18-4)16-12-9-7-5-6-8-10-12/h12-13,16H,5-11H2,1-4H3. The highest BCUT2D eigenvalue weighted by Crippen LogP contribution is 2.23. The van der Waals surface area contributed by atoms with Crippen LogP contribution in [-0.2, 0) is 9.53 Å². The van der Waals surface area contributed by atoms with E-state index in [-0.39, 0.29) is 17.4 Å². The molecule has 1 atom stereocenters. The number of carbonyl (C=O) groups is 1. The van der Waals surface area contributed by atoms with E-state index in [0.29, 0.717) is 6.04 Å². The molecule has 0 heterocycles. The van der Waals surface area contributed by atoms with Crippen LogP contribution in [0, 0.1) is 5.41 Å².